The second-order valence-electron chi connectivity index (χ2n) is 7.81. The van der Waals surface area contributed by atoms with Crippen molar-refractivity contribution in [3.8, 4) is 5.75 Å². The van der Waals surface area contributed by atoms with E-state index in [2.05, 4.69) is 5.32 Å². The molecule has 0 radical (unpaired) electrons. The molecule has 1 atom stereocenters. The molecule has 4 rings (SSSR count). The Balaban J connectivity index is 1.32. The van der Waals surface area contributed by atoms with Gasteiger partial charge >= 0.3 is 0 Å². The third kappa shape index (κ3) is 4.54. The highest BCUT2D eigenvalue weighted by Gasteiger charge is 2.37. The molecule has 0 aliphatic carbocycles. The Morgan fingerprint density at radius 2 is 2.00 bits per heavy atom. The van der Waals surface area contributed by atoms with Crippen LogP contribution in [0.2, 0.25) is 5.02 Å². The lowest BCUT2D eigenvalue weighted by atomic mass is 10.0. The maximum absolute atomic E-state index is 12.8. The summed E-state index contributed by atoms with van der Waals surface area (Å²) >= 11 is 6.09. The number of ether oxygens (including phenoxy) is 1. The number of methoxy groups -OCH3 is 1. The number of halogens is 1. The first-order valence-electron chi connectivity index (χ1n) is 10.2. The fraction of sp³-hybridized carbons (Fsp3) is 0.409. The number of nitrogens with one attached hydrogen (secondary N) is 1. The van der Waals surface area contributed by atoms with Gasteiger partial charge in [0.15, 0.2) is 0 Å². The minimum absolute atomic E-state index is 0.0224. The lowest BCUT2D eigenvalue weighted by Gasteiger charge is -2.32. The van der Waals surface area contributed by atoms with Gasteiger partial charge in [0.2, 0.25) is 11.8 Å². The number of hydrogen-bond acceptors (Lipinski definition) is 5. The third-order valence-electron chi connectivity index (χ3n) is 5.82. The Kier molecular flexibility index (Phi) is 6.18. The normalized spacial score (nSPS) is 19.5. The van der Waals surface area contributed by atoms with E-state index in [1.54, 1.807) is 34.1 Å². The lowest BCUT2D eigenvalue weighted by Crippen LogP contribution is -2.48. The van der Waals surface area contributed by atoms with Crippen molar-refractivity contribution in [3.63, 3.8) is 0 Å². The molecule has 31 heavy (non-hydrogen) atoms. The summed E-state index contributed by atoms with van der Waals surface area (Å²) in [7, 11) is 1.53. The van der Waals surface area contributed by atoms with Gasteiger partial charge in [-0.25, -0.2) is 0 Å². The number of anilines is 1. The smallest absolute Gasteiger partial charge is 0.257 e. The molecule has 0 saturated carbocycles. The molecule has 3 heterocycles. The van der Waals surface area contributed by atoms with Crippen LogP contribution in [0.5, 0.6) is 5.75 Å². The van der Waals surface area contributed by atoms with Crippen LogP contribution in [0, 0.1) is 5.92 Å². The number of carbonyl (C=O) groups excluding carboxylic acids is 3. The van der Waals surface area contributed by atoms with E-state index >= 15 is 0 Å². The quantitative estimate of drug-likeness (QED) is 0.764. The number of piperidine rings is 1. The van der Waals surface area contributed by atoms with Gasteiger partial charge in [-0.1, -0.05) is 11.6 Å². The molecule has 1 N–H and O–H groups in total. The Hall–Kier alpha value is -3.00. The molecule has 9 heteroatoms. The van der Waals surface area contributed by atoms with E-state index in [4.69, 9.17) is 20.8 Å². The molecule has 0 spiro atoms. The fourth-order valence-electron chi connectivity index (χ4n) is 4.10. The Morgan fingerprint density at radius 3 is 2.68 bits per heavy atom. The topological polar surface area (TPSA) is 92.1 Å². The van der Waals surface area contributed by atoms with Gasteiger partial charge in [-0.05, 0) is 37.1 Å². The first kappa shape index (κ1) is 21.2. The van der Waals surface area contributed by atoms with Crippen LogP contribution in [0.15, 0.2) is 41.2 Å². The minimum atomic E-state index is -0.443. The molecule has 2 aliphatic heterocycles. The van der Waals surface area contributed by atoms with Gasteiger partial charge in [-0.3, -0.25) is 14.4 Å². The molecule has 2 saturated heterocycles. The van der Waals surface area contributed by atoms with Crippen molar-refractivity contribution in [2.24, 2.45) is 5.92 Å². The van der Waals surface area contributed by atoms with Crippen LogP contribution in [0.4, 0.5) is 5.69 Å². The Morgan fingerprint density at radius 1 is 1.23 bits per heavy atom. The molecular weight excluding hydrogens is 422 g/mol. The van der Waals surface area contributed by atoms with Gasteiger partial charge in [0.05, 0.1) is 30.5 Å². The minimum Gasteiger partial charge on any atom is -0.495 e. The van der Waals surface area contributed by atoms with E-state index in [-0.39, 0.29) is 36.7 Å². The zero-order valence-electron chi connectivity index (χ0n) is 17.2. The summed E-state index contributed by atoms with van der Waals surface area (Å²) in [5.74, 6) is -0.251. The molecule has 1 aromatic heterocycles. The zero-order valence-corrected chi connectivity index (χ0v) is 17.9. The van der Waals surface area contributed by atoms with Crippen molar-refractivity contribution < 1.29 is 23.5 Å². The van der Waals surface area contributed by atoms with Gasteiger partial charge in [0.25, 0.3) is 5.91 Å². The number of furan rings is 1. The van der Waals surface area contributed by atoms with Crippen molar-refractivity contribution in [3.05, 3.63) is 47.4 Å². The first-order chi connectivity index (χ1) is 15.0. The number of carbonyl (C=O) groups is 3. The maximum atomic E-state index is 12.8. The number of rotatable bonds is 5. The average molecular weight is 446 g/mol. The van der Waals surface area contributed by atoms with Gasteiger partial charge in [-0.2, -0.15) is 0 Å². The Bertz CT molecular complexity index is 970. The molecular formula is C22H24ClN3O5. The first-order valence-corrected chi connectivity index (χ1v) is 10.6. The van der Waals surface area contributed by atoms with Crippen molar-refractivity contribution in [2.45, 2.75) is 25.3 Å². The summed E-state index contributed by atoms with van der Waals surface area (Å²) in [5, 5.41) is 3.55. The van der Waals surface area contributed by atoms with E-state index < -0.39 is 5.92 Å². The summed E-state index contributed by atoms with van der Waals surface area (Å²) in [5.41, 5.74) is 1.10. The summed E-state index contributed by atoms with van der Waals surface area (Å²) < 4.78 is 10.3. The molecule has 2 aliphatic rings. The van der Waals surface area contributed by atoms with Crippen LogP contribution >= 0.6 is 11.6 Å². The number of likely N-dealkylation sites (tertiary alicyclic amines) is 1. The highest BCUT2D eigenvalue weighted by molar-refractivity contribution is 6.31. The van der Waals surface area contributed by atoms with E-state index in [0.717, 1.165) is 0 Å². The van der Waals surface area contributed by atoms with Gasteiger partial charge in [0, 0.05) is 37.1 Å². The monoisotopic (exact) mass is 445 g/mol. The van der Waals surface area contributed by atoms with Crippen LogP contribution in [-0.4, -0.2) is 55.4 Å². The molecule has 164 valence electrons. The number of benzene rings is 1. The average Bonchev–Trinajstić information content (AvgIpc) is 3.44. The molecule has 1 aromatic carbocycles. The highest BCUT2D eigenvalue weighted by Crippen LogP contribution is 2.35. The van der Waals surface area contributed by atoms with Crippen LogP contribution in [0.25, 0.3) is 0 Å². The van der Waals surface area contributed by atoms with Crippen LogP contribution in [0.3, 0.4) is 0 Å². The molecule has 8 nitrogen and oxygen atoms in total. The van der Waals surface area contributed by atoms with Crippen LogP contribution in [0.1, 0.15) is 29.6 Å². The number of nitrogens with zero attached hydrogens (tertiary/aromatic N) is 2. The lowest BCUT2D eigenvalue weighted by molar-refractivity contribution is -0.127. The van der Waals surface area contributed by atoms with Crippen molar-refractivity contribution in [1.82, 2.24) is 10.2 Å². The van der Waals surface area contributed by atoms with E-state index in [1.807, 2.05) is 0 Å². The Labute approximate surface area is 185 Å². The molecule has 2 fully saturated rings. The van der Waals surface area contributed by atoms with Gasteiger partial charge in [-0.15, -0.1) is 0 Å². The summed E-state index contributed by atoms with van der Waals surface area (Å²) in [4.78, 5) is 41.1. The predicted octanol–water partition coefficient (Wildman–Crippen LogP) is 2.72. The van der Waals surface area contributed by atoms with Crippen molar-refractivity contribution in [1.29, 1.82) is 0 Å². The van der Waals surface area contributed by atoms with E-state index in [1.165, 1.54) is 19.6 Å². The molecule has 0 bridgehead atoms. The van der Waals surface area contributed by atoms with Crippen LogP contribution < -0.4 is 15.0 Å². The van der Waals surface area contributed by atoms with Gasteiger partial charge < -0.3 is 24.3 Å². The number of hydrogen-bond donors (Lipinski definition) is 1. The fourth-order valence-corrected chi connectivity index (χ4v) is 4.27. The second-order valence-corrected chi connectivity index (χ2v) is 8.25. The van der Waals surface area contributed by atoms with Gasteiger partial charge in [0.1, 0.15) is 12.0 Å². The SMILES string of the molecule is COc1ccc(Cl)cc1N1CC(C(=O)NC2CCN(C(=O)c3ccoc3)CC2)CC1=O. The summed E-state index contributed by atoms with van der Waals surface area (Å²) in [6.45, 7) is 1.40. The maximum Gasteiger partial charge on any atom is 0.257 e. The van der Waals surface area contributed by atoms with E-state index in [9.17, 15) is 14.4 Å². The highest BCUT2D eigenvalue weighted by atomic mass is 35.5. The predicted molar refractivity (Wildman–Crippen MR) is 114 cm³/mol. The second kappa shape index (κ2) is 9.01. The molecule has 3 amide bonds. The molecule has 2 aromatic rings. The standard InChI is InChI=1S/C22H24ClN3O5/c1-30-19-3-2-16(23)11-18(19)26-12-15(10-20(26)27)21(28)24-17-4-7-25(8-5-17)22(29)14-6-9-31-13-14/h2-3,6,9,11,13,15,17H,4-5,7-8,10,12H2,1H3,(H,24,28). The zero-order chi connectivity index (χ0) is 22.0. The molecule has 1 unspecified atom stereocenters. The largest absolute Gasteiger partial charge is 0.495 e. The van der Waals surface area contributed by atoms with Crippen molar-refractivity contribution >= 4 is 35.0 Å². The van der Waals surface area contributed by atoms with E-state index in [0.29, 0.717) is 48.0 Å². The third-order valence-corrected chi connectivity index (χ3v) is 6.06. The summed E-state index contributed by atoms with van der Waals surface area (Å²) in [6.07, 6.45) is 4.39. The van der Waals surface area contributed by atoms with Crippen LogP contribution in [-0.2, 0) is 9.59 Å². The van der Waals surface area contributed by atoms with Crippen molar-refractivity contribution in [2.75, 3.05) is 31.6 Å². The number of amides is 3. The summed E-state index contributed by atoms with van der Waals surface area (Å²) in [6, 6.07) is 6.69.